The van der Waals surface area contributed by atoms with Crippen LogP contribution in [0, 0.1) is 5.82 Å². The van der Waals surface area contributed by atoms with Gasteiger partial charge in [-0.1, -0.05) is 12.1 Å². The molecule has 122 valence electrons. The lowest BCUT2D eigenvalue weighted by Gasteiger charge is -2.23. The van der Waals surface area contributed by atoms with Gasteiger partial charge in [0.15, 0.2) is 0 Å². The third-order valence-electron chi connectivity index (χ3n) is 2.84. The molecule has 1 atom stereocenters. The number of rotatable bonds is 6. The number of hydrogen-bond donors (Lipinski definition) is 2. The molecule has 1 aromatic rings. The summed E-state index contributed by atoms with van der Waals surface area (Å²) in [5, 5.41) is 11.5. The molecule has 6 heteroatoms. The number of aryl methyl sites for hydroxylation is 1. The summed E-state index contributed by atoms with van der Waals surface area (Å²) in [7, 11) is 0. The standard InChI is InChI=1S/C16H22FNO4/c1-16(2,3)22-15(21)18-13(10-14(19)20)9-6-11-4-7-12(17)8-5-11/h4-5,7-8,13H,6,9-10H2,1-3H3,(H,18,21)(H,19,20)/t13-/m0/s1. The highest BCUT2D eigenvalue weighted by molar-refractivity contribution is 5.71. The van der Waals surface area contributed by atoms with Crippen LogP contribution in [0.2, 0.25) is 0 Å². The summed E-state index contributed by atoms with van der Waals surface area (Å²) in [6.45, 7) is 5.20. The monoisotopic (exact) mass is 311 g/mol. The summed E-state index contributed by atoms with van der Waals surface area (Å²) in [6, 6.07) is 5.44. The molecule has 0 radical (unpaired) electrons. The fourth-order valence-electron chi connectivity index (χ4n) is 1.90. The number of alkyl carbamates (subject to hydrolysis) is 1. The Labute approximate surface area is 129 Å². The first-order chi connectivity index (χ1) is 10.2. The number of carbonyl (C=O) groups excluding carboxylic acids is 1. The Morgan fingerprint density at radius 2 is 1.86 bits per heavy atom. The Balaban J connectivity index is 2.58. The topological polar surface area (TPSA) is 75.6 Å². The van der Waals surface area contributed by atoms with Gasteiger partial charge in [0.1, 0.15) is 11.4 Å². The lowest BCUT2D eigenvalue weighted by molar-refractivity contribution is -0.137. The van der Waals surface area contributed by atoms with Crippen molar-refractivity contribution in [3.05, 3.63) is 35.6 Å². The second-order valence-corrected chi connectivity index (χ2v) is 6.11. The minimum atomic E-state index is -1.000. The quantitative estimate of drug-likeness (QED) is 0.846. The molecule has 0 heterocycles. The SMILES string of the molecule is CC(C)(C)OC(=O)N[C@@H](CCc1ccc(F)cc1)CC(=O)O. The van der Waals surface area contributed by atoms with Crippen LogP contribution in [0.3, 0.4) is 0 Å². The van der Waals surface area contributed by atoms with Gasteiger partial charge in [0, 0.05) is 6.04 Å². The van der Waals surface area contributed by atoms with Crippen molar-refractivity contribution in [2.24, 2.45) is 0 Å². The normalized spacial score (nSPS) is 12.5. The molecule has 1 amide bonds. The predicted octanol–water partition coefficient (Wildman–Crippen LogP) is 3.13. The second-order valence-electron chi connectivity index (χ2n) is 6.11. The van der Waals surface area contributed by atoms with E-state index in [9.17, 15) is 14.0 Å². The van der Waals surface area contributed by atoms with Crippen molar-refractivity contribution in [3.8, 4) is 0 Å². The zero-order chi connectivity index (χ0) is 16.8. The number of nitrogens with one attached hydrogen (secondary N) is 1. The van der Waals surface area contributed by atoms with Gasteiger partial charge < -0.3 is 15.2 Å². The van der Waals surface area contributed by atoms with E-state index in [0.29, 0.717) is 12.8 Å². The lowest BCUT2D eigenvalue weighted by atomic mass is 10.0. The van der Waals surface area contributed by atoms with Crippen LogP contribution in [-0.4, -0.2) is 28.8 Å². The van der Waals surface area contributed by atoms with Crippen molar-refractivity contribution >= 4 is 12.1 Å². The number of aliphatic carboxylic acids is 1. The molecular formula is C16H22FNO4. The van der Waals surface area contributed by atoms with E-state index in [4.69, 9.17) is 9.84 Å². The fraction of sp³-hybridized carbons (Fsp3) is 0.500. The van der Waals surface area contributed by atoms with Gasteiger partial charge in [-0.05, 0) is 51.3 Å². The number of carboxylic acids is 1. The molecule has 0 aromatic heterocycles. The Morgan fingerprint density at radius 1 is 1.27 bits per heavy atom. The van der Waals surface area contributed by atoms with Gasteiger partial charge in [0.05, 0.1) is 6.42 Å². The zero-order valence-corrected chi connectivity index (χ0v) is 13.1. The maximum absolute atomic E-state index is 12.8. The van der Waals surface area contributed by atoms with Crippen molar-refractivity contribution in [1.29, 1.82) is 0 Å². The van der Waals surface area contributed by atoms with Crippen LogP contribution in [0.15, 0.2) is 24.3 Å². The molecule has 22 heavy (non-hydrogen) atoms. The van der Waals surface area contributed by atoms with Gasteiger partial charge in [-0.2, -0.15) is 0 Å². The van der Waals surface area contributed by atoms with Gasteiger partial charge >= 0.3 is 12.1 Å². The first-order valence-corrected chi connectivity index (χ1v) is 7.11. The molecule has 0 saturated carbocycles. The van der Waals surface area contributed by atoms with Gasteiger partial charge in [0.25, 0.3) is 0 Å². The molecule has 1 rings (SSSR count). The van der Waals surface area contributed by atoms with Gasteiger partial charge in [0.2, 0.25) is 0 Å². The maximum atomic E-state index is 12.8. The Hall–Kier alpha value is -2.11. The minimum absolute atomic E-state index is 0.194. The van der Waals surface area contributed by atoms with E-state index in [0.717, 1.165) is 5.56 Å². The van der Waals surface area contributed by atoms with Crippen molar-refractivity contribution in [2.45, 2.75) is 51.7 Å². The van der Waals surface area contributed by atoms with Crippen molar-refractivity contribution in [1.82, 2.24) is 5.32 Å². The second kappa shape index (κ2) is 7.77. The molecule has 0 spiro atoms. The number of benzene rings is 1. The Morgan fingerprint density at radius 3 is 2.36 bits per heavy atom. The molecule has 0 unspecified atom stereocenters. The molecule has 5 nitrogen and oxygen atoms in total. The molecule has 0 saturated heterocycles. The van der Waals surface area contributed by atoms with Crippen LogP contribution in [0.4, 0.5) is 9.18 Å². The van der Waals surface area contributed by atoms with E-state index in [1.807, 2.05) is 0 Å². The number of amides is 1. The van der Waals surface area contributed by atoms with E-state index in [-0.39, 0.29) is 12.2 Å². The molecule has 0 fully saturated rings. The summed E-state index contributed by atoms with van der Waals surface area (Å²) >= 11 is 0. The average molecular weight is 311 g/mol. The van der Waals surface area contributed by atoms with E-state index < -0.39 is 23.7 Å². The summed E-state index contributed by atoms with van der Waals surface area (Å²) < 4.78 is 18.0. The Kier molecular flexibility index (Phi) is 6.34. The number of hydrogen-bond acceptors (Lipinski definition) is 3. The fourth-order valence-corrected chi connectivity index (χ4v) is 1.90. The first kappa shape index (κ1) is 17.9. The van der Waals surface area contributed by atoms with Crippen LogP contribution in [0.25, 0.3) is 0 Å². The number of ether oxygens (including phenoxy) is 1. The van der Waals surface area contributed by atoms with Crippen molar-refractivity contribution in [3.63, 3.8) is 0 Å². The first-order valence-electron chi connectivity index (χ1n) is 7.11. The highest BCUT2D eigenvalue weighted by Crippen LogP contribution is 2.11. The third kappa shape index (κ3) is 7.61. The van der Waals surface area contributed by atoms with E-state index >= 15 is 0 Å². The molecule has 1 aromatic carbocycles. The molecule has 2 N–H and O–H groups in total. The van der Waals surface area contributed by atoms with E-state index in [1.165, 1.54) is 12.1 Å². The van der Waals surface area contributed by atoms with Crippen LogP contribution < -0.4 is 5.32 Å². The molecular weight excluding hydrogens is 289 g/mol. The smallest absolute Gasteiger partial charge is 0.407 e. The largest absolute Gasteiger partial charge is 0.481 e. The zero-order valence-electron chi connectivity index (χ0n) is 13.1. The average Bonchev–Trinajstić information content (AvgIpc) is 2.34. The van der Waals surface area contributed by atoms with Crippen molar-refractivity contribution in [2.75, 3.05) is 0 Å². The number of carboxylic acid groups (broad SMARTS) is 1. The highest BCUT2D eigenvalue weighted by atomic mass is 19.1. The van der Waals surface area contributed by atoms with E-state index in [2.05, 4.69) is 5.32 Å². The summed E-state index contributed by atoms with van der Waals surface area (Å²) in [6.07, 6.45) is 0.129. The van der Waals surface area contributed by atoms with Gasteiger partial charge in [-0.3, -0.25) is 4.79 Å². The highest BCUT2D eigenvalue weighted by Gasteiger charge is 2.21. The number of carbonyl (C=O) groups is 2. The van der Waals surface area contributed by atoms with Crippen molar-refractivity contribution < 1.29 is 23.8 Å². The van der Waals surface area contributed by atoms with Crippen LogP contribution in [-0.2, 0) is 16.0 Å². The molecule has 0 bridgehead atoms. The van der Waals surface area contributed by atoms with Crippen LogP contribution >= 0.6 is 0 Å². The van der Waals surface area contributed by atoms with Gasteiger partial charge in [-0.15, -0.1) is 0 Å². The molecule has 0 aliphatic carbocycles. The summed E-state index contributed by atoms with van der Waals surface area (Å²) in [5.41, 5.74) is 0.234. The number of halogens is 1. The van der Waals surface area contributed by atoms with Crippen LogP contribution in [0.5, 0.6) is 0 Å². The third-order valence-corrected chi connectivity index (χ3v) is 2.84. The summed E-state index contributed by atoms with van der Waals surface area (Å²) in [4.78, 5) is 22.6. The van der Waals surface area contributed by atoms with Gasteiger partial charge in [-0.25, -0.2) is 9.18 Å². The maximum Gasteiger partial charge on any atom is 0.407 e. The lowest BCUT2D eigenvalue weighted by Crippen LogP contribution is -2.40. The summed E-state index contributed by atoms with van der Waals surface area (Å²) in [5.74, 6) is -1.32. The minimum Gasteiger partial charge on any atom is -0.481 e. The predicted molar refractivity (Wildman–Crippen MR) is 80.1 cm³/mol. The molecule has 0 aliphatic rings. The molecule has 0 aliphatic heterocycles. The van der Waals surface area contributed by atoms with Crippen LogP contribution in [0.1, 0.15) is 39.2 Å². The van der Waals surface area contributed by atoms with E-state index in [1.54, 1.807) is 32.9 Å². The Bertz CT molecular complexity index is 508.